The number of rotatable bonds is 6. The van der Waals surface area contributed by atoms with Gasteiger partial charge in [-0.2, -0.15) is 0 Å². The van der Waals surface area contributed by atoms with Gasteiger partial charge in [0.05, 0.1) is 24.5 Å². The van der Waals surface area contributed by atoms with Crippen molar-refractivity contribution in [2.75, 3.05) is 18.5 Å². The van der Waals surface area contributed by atoms with E-state index >= 15 is 0 Å². The highest BCUT2D eigenvalue weighted by atomic mass is 16.6. The van der Waals surface area contributed by atoms with Gasteiger partial charge in [0.2, 0.25) is 0 Å². The predicted octanol–water partition coefficient (Wildman–Crippen LogP) is 3.30. The molecule has 1 atom stereocenters. The Bertz CT molecular complexity index is 771. The van der Waals surface area contributed by atoms with Crippen molar-refractivity contribution < 1.29 is 28.9 Å². The zero-order valence-electron chi connectivity index (χ0n) is 14.0. The first kappa shape index (κ1) is 17.8. The second-order valence-electron chi connectivity index (χ2n) is 5.81. The van der Waals surface area contributed by atoms with Gasteiger partial charge < -0.3 is 19.3 Å². The molecule has 0 spiro atoms. The fraction of sp³-hybridized carbons (Fsp3) is 0.263. The van der Waals surface area contributed by atoms with E-state index in [-0.39, 0.29) is 24.0 Å². The lowest BCUT2D eigenvalue weighted by Crippen LogP contribution is -2.19. The summed E-state index contributed by atoms with van der Waals surface area (Å²) in [4.78, 5) is 23.3. The third kappa shape index (κ3) is 4.73. The van der Waals surface area contributed by atoms with E-state index in [1.807, 2.05) is 30.3 Å². The number of hydrogen-bond donors (Lipinski definition) is 2. The maximum atomic E-state index is 12.1. The van der Waals surface area contributed by atoms with Crippen LogP contribution in [-0.4, -0.2) is 36.5 Å². The molecule has 2 aromatic carbocycles. The standard InChI is InChI=1S/C19H19NO6/c21-18(22)14-6-7-16(17(10-14)26-15-8-9-24-12-15)20-19(23)25-11-13-4-2-1-3-5-13/h1-7,10,15H,8-9,11-12H2,(H,20,23)(H,21,22). The lowest BCUT2D eigenvalue weighted by Gasteiger charge is -2.16. The number of aromatic carboxylic acids is 1. The molecule has 0 aliphatic carbocycles. The number of anilines is 1. The Balaban J connectivity index is 1.68. The van der Waals surface area contributed by atoms with Gasteiger partial charge in [-0.3, -0.25) is 5.32 Å². The number of hydrogen-bond acceptors (Lipinski definition) is 5. The highest BCUT2D eigenvalue weighted by molar-refractivity contribution is 5.91. The predicted molar refractivity (Wildman–Crippen MR) is 93.5 cm³/mol. The molecule has 136 valence electrons. The van der Waals surface area contributed by atoms with Crippen molar-refractivity contribution in [3.63, 3.8) is 0 Å². The van der Waals surface area contributed by atoms with E-state index in [2.05, 4.69) is 5.32 Å². The molecule has 0 aromatic heterocycles. The van der Waals surface area contributed by atoms with Gasteiger partial charge in [0.1, 0.15) is 18.5 Å². The number of benzene rings is 2. The van der Waals surface area contributed by atoms with Crippen LogP contribution in [-0.2, 0) is 16.1 Å². The topological polar surface area (TPSA) is 94.1 Å². The zero-order valence-corrected chi connectivity index (χ0v) is 14.0. The lowest BCUT2D eigenvalue weighted by molar-refractivity contribution is 0.0696. The third-order valence-corrected chi connectivity index (χ3v) is 3.86. The van der Waals surface area contributed by atoms with Gasteiger partial charge in [-0.15, -0.1) is 0 Å². The van der Waals surface area contributed by atoms with E-state index in [0.717, 1.165) is 5.56 Å². The van der Waals surface area contributed by atoms with Crippen molar-refractivity contribution in [3.05, 3.63) is 59.7 Å². The number of amides is 1. The van der Waals surface area contributed by atoms with E-state index < -0.39 is 12.1 Å². The fourth-order valence-corrected chi connectivity index (χ4v) is 2.51. The summed E-state index contributed by atoms with van der Waals surface area (Å²) in [5, 5.41) is 11.8. The Morgan fingerprint density at radius 1 is 1.19 bits per heavy atom. The molecule has 1 aliphatic heterocycles. The second kappa shape index (κ2) is 8.35. The van der Waals surface area contributed by atoms with Gasteiger partial charge in [0.15, 0.2) is 0 Å². The first-order valence-electron chi connectivity index (χ1n) is 8.21. The number of carbonyl (C=O) groups is 2. The molecule has 1 amide bonds. The van der Waals surface area contributed by atoms with Gasteiger partial charge in [0.25, 0.3) is 0 Å². The largest absolute Gasteiger partial charge is 0.486 e. The second-order valence-corrected chi connectivity index (χ2v) is 5.81. The summed E-state index contributed by atoms with van der Waals surface area (Å²) < 4.78 is 16.3. The Labute approximate surface area is 150 Å². The number of ether oxygens (including phenoxy) is 3. The summed E-state index contributed by atoms with van der Waals surface area (Å²) in [6.45, 7) is 1.15. The maximum Gasteiger partial charge on any atom is 0.412 e. The molecule has 3 rings (SSSR count). The summed E-state index contributed by atoms with van der Waals surface area (Å²) in [5.41, 5.74) is 1.28. The first-order valence-corrected chi connectivity index (χ1v) is 8.21. The first-order chi connectivity index (χ1) is 12.6. The molecule has 1 aliphatic rings. The van der Waals surface area contributed by atoms with Crippen LogP contribution in [0.4, 0.5) is 10.5 Å². The molecule has 0 radical (unpaired) electrons. The Hall–Kier alpha value is -3.06. The average molecular weight is 357 g/mol. The molecule has 1 fully saturated rings. The Morgan fingerprint density at radius 3 is 2.69 bits per heavy atom. The minimum Gasteiger partial charge on any atom is -0.486 e. The summed E-state index contributed by atoms with van der Waals surface area (Å²) in [6.07, 6.45) is -0.126. The molecule has 7 nitrogen and oxygen atoms in total. The van der Waals surface area contributed by atoms with E-state index in [4.69, 9.17) is 19.3 Å². The molecule has 0 bridgehead atoms. The van der Waals surface area contributed by atoms with Crippen LogP contribution in [0.15, 0.2) is 48.5 Å². The van der Waals surface area contributed by atoms with Gasteiger partial charge in [-0.25, -0.2) is 9.59 Å². The highest BCUT2D eigenvalue weighted by Crippen LogP contribution is 2.29. The van der Waals surface area contributed by atoms with Crippen LogP contribution < -0.4 is 10.1 Å². The van der Waals surface area contributed by atoms with Gasteiger partial charge >= 0.3 is 12.1 Å². The van der Waals surface area contributed by atoms with Crippen molar-refractivity contribution in [2.45, 2.75) is 19.1 Å². The summed E-state index contributed by atoms with van der Waals surface area (Å²) in [5.74, 6) is -0.798. The van der Waals surface area contributed by atoms with Crippen LogP contribution in [0.5, 0.6) is 5.75 Å². The Kier molecular flexibility index (Phi) is 5.70. The minimum atomic E-state index is -1.07. The van der Waals surface area contributed by atoms with E-state index in [1.54, 1.807) is 0 Å². The maximum absolute atomic E-state index is 12.1. The molecule has 1 unspecified atom stereocenters. The van der Waals surface area contributed by atoms with Gasteiger partial charge in [-0.1, -0.05) is 30.3 Å². The lowest BCUT2D eigenvalue weighted by atomic mass is 10.2. The average Bonchev–Trinajstić information content (AvgIpc) is 3.15. The summed E-state index contributed by atoms with van der Waals surface area (Å²) in [7, 11) is 0. The smallest absolute Gasteiger partial charge is 0.412 e. The van der Waals surface area contributed by atoms with E-state index in [0.29, 0.717) is 25.3 Å². The number of carbonyl (C=O) groups excluding carboxylic acids is 1. The van der Waals surface area contributed by atoms with Crippen LogP contribution in [0.3, 0.4) is 0 Å². The molecule has 26 heavy (non-hydrogen) atoms. The molecule has 2 N–H and O–H groups in total. The summed E-state index contributed by atoms with van der Waals surface area (Å²) >= 11 is 0. The Morgan fingerprint density at radius 2 is 2.00 bits per heavy atom. The van der Waals surface area contributed by atoms with Crippen molar-refractivity contribution in [3.8, 4) is 5.75 Å². The van der Waals surface area contributed by atoms with Crippen LogP contribution >= 0.6 is 0 Å². The number of carboxylic acid groups (broad SMARTS) is 1. The van der Waals surface area contributed by atoms with Crippen LogP contribution in [0, 0.1) is 0 Å². The number of nitrogens with one attached hydrogen (secondary N) is 1. The minimum absolute atomic E-state index is 0.0714. The monoisotopic (exact) mass is 357 g/mol. The van der Waals surface area contributed by atoms with Gasteiger partial charge in [-0.05, 0) is 23.8 Å². The molecule has 1 heterocycles. The summed E-state index contributed by atoms with van der Waals surface area (Å²) in [6, 6.07) is 13.6. The molecule has 7 heteroatoms. The van der Waals surface area contributed by atoms with E-state index in [1.165, 1.54) is 18.2 Å². The van der Waals surface area contributed by atoms with Crippen LogP contribution in [0.25, 0.3) is 0 Å². The molecule has 0 saturated carbocycles. The van der Waals surface area contributed by atoms with Crippen molar-refractivity contribution in [1.82, 2.24) is 0 Å². The fourth-order valence-electron chi connectivity index (χ4n) is 2.51. The van der Waals surface area contributed by atoms with Crippen molar-refractivity contribution in [2.24, 2.45) is 0 Å². The van der Waals surface area contributed by atoms with Crippen molar-refractivity contribution in [1.29, 1.82) is 0 Å². The number of carboxylic acids is 1. The quantitative estimate of drug-likeness (QED) is 0.824. The van der Waals surface area contributed by atoms with Crippen LogP contribution in [0.2, 0.25) is 0 Å². The van der Waals surface area contributed by atoms with E-state index in [9.17, 15) is 9.59 Å². The molecular weight excluding hydrogens is 338 g/mol. The molecule has 2 aromatic rings. The SMILES string of the molecule is O=C(Nc1ccc(C(=O)O)cc1OC1CCOC1)OCc1ccccc1. The molecular formula is C19H19NO6. The zero-order chi connectivity index (χ0) is 18.4. The molecule has 1 saturated heterocycles. The van der Waals surface area contributed by atoms with Crippen molar-refractivity contribution >= 4 is 17.7 Å². The third-order valence-electron chi connectivity index (χ3n) is 3.86. The van der Waals surface area contributed by atoms with Gasteiger partial charge in [0, 0.05) is 6.42 Å². The highest BCUT2D eigenvalue weighted by Gasteiger charge is 2.20. The normalized spacial score (nSPS) is 16.1. The van der Waals surface area contributed by atoms with Crippen LogP contribution in [0.1, 0.15) is 22.3 Å².